The minimum Gasteiger partial charge on any atom is -0.507 e. The Morgan fingerprint density at radius 3 is 2.39 bits per heavy atom. The van der Waals surface area contributed by atoms with Gasteiger partial charge < -0.3 is 19.5 Å². The van der Waals surface area contributed by atoms with Gasteiger partial charge in [-0.1, -0.05) is 0 Å². The summed E-state index contributed by atoms with van der Waals surface area (Å²) in [5.74, 6) is 0.731. The Hall–Kier alpha value is -2.54. The number of amides is 1. The predicted octanol–water partition coefficient (Wildman–Crippen LogP) is 3.31. The molecule has 2 aliphatic heterocycles. The molecule has 0 spiro atoms. The highest BCUT2D eigenvalue weighted by Gasteiger charge is 2.33. The Bertz CT molecular complexity index is 826. The van der Waals surface area contributed by atoms with E-state index in [1.807, 2.05) is 34.6 Å². The zero-order chi connectivity index (χ0) is 20.6. The smallest absolute Gasteiger partial charge is 0.410 e. The van der Waals surface area contributed by atoms with Crippen molar-refractivity contribution < 1.29 is 24.2 Å². The number of nitrogens with zero attached hydrogens (tertiary/aromatic N) is 2. The lowest BCUT2D eigenvalue weighted by Crippen LogP contribution is -2.49. The van der Waals surface area contributed by atoms with Crippen molar-refractivity contribution in [3.05, 3.63) is 34.6 Å². The monoisotopic (exact) mass is 388 g/mol. The van der Waals surface area contributed by atoms with Gasteiger partial charge in [-0.05, 0) is 52.3 Å². The molecule has 1 N–H and O–H groups in total. The van der Waals surface area contributed by atoms with Crippen LogP contribution < -0.4 is 4.74 Å². The van der Waals surface area contributed by atoms with Gasteiger partial charge in [-0.3, -0.25) is 9.69 Å². The number of ether oxygens (including phenoxy) is 2. The molecule has 2 heterocycles. The van der Waals surface area contributed by atoms with Crippen molar-refractivity contribution in [2.75, 3.05) is 26.2 Å². The minimum atomic E-state index is -0.517. The molecule has 152 valence electrons. The molecular weight excluding hydrogens is 360 g/mol. The third kappa shape index (κ3) is 4.14. The van der Waals surface area contributed by atoms with E-state index >= 15 is 0 Å². The fraction of sp³-hybridized carbons (Fsp3) is 0.524. The summed E-state index contributed by atoms with van der Waals surface area (Å²) in [5.41, 5.74) is 1.37. The number of phenols is 1. The lowest BCUT2D eigenvalue weighted by Gasteiger charge is -2.35. The third-order valence-corrected chi connectivity index (χ3v) is 4.75. The van der Waals surface area contributed by atoms with E-state index in [-0.39, 0.29) is 17.6 Å². The minimum absolute atomic E-state index is 0.108. The molecule has 1 saturated heterocycles. The molecule has 3 rings (SSSR count). The summed E-state index contributed by atoms with van der Waals surface area (Å²) in [7, 11) is 0. The van der Waals surface area contributed by atoms with E-state index in [9.17, 15) is 14.7 Å². The van der Waals surface area contributed by atoms with Gasteiger partial charge in [0.2, 0.25) is 5.78 Å². The molecule has 0 bridgehead atoms. The second-order valence-electron chi connectivity index (χ2n) is 8.44. The topological polar surface area (TPSA) is 79.3 Å². The number of benzene rings is 1. The summed E-state index contributed by atoms with van der Waals surface area (Å²) in [6.07, 6.45) is -0.308. The zero-order valence-corrected chi connectivity index (χ0v) is 17.2. The largest absolute Gasteiger partial charge is 0.507 e. The van der Waals surface area contributed by atoms with Crippen LogP contribution in [0.15, 0.2) is 23.5 Å². The van der Waals surface area contributed by atoms with Crippen LogP contribution in [0.5, 0.6) is 11.5 Å². The molecule has 0 atom stereocenters. The second-order valence-corrected chi connectivity index (χ2v) is 8.44. The van der Waals surface area contributed by atoms with Crippen molar-refractivity contribution in [1.29, 1.82) is 0 Å². The normalized spacial score (nSPS) is 17.4. The molecule has 28 heavy (non-hydrogen) atoms. The van der Waals surface area contributed by atoms with Crippen LogP contribution in [-0.2, 0) is 11.3 Å². The van der Waals surface area contributed by atoms with E-state index in [0.29, 0.717) is 55.4 Å². The number of phenolic OH excluding ortho intramolecular Hbond substituents is 1. The third-order valence-electron chi connectivity index (χ3n) is 4.75. The van der Waals surface area contributed by atoms with E-state index in [4.69, 9.17) is 9.47 Å². The van der Waals surface area contributed by atoms with Gasteiger partial charge in [0.25, 0.3) is 0 Å². The Morgan fingerprint density at radius 1 is 1.18 bits per heavy atom. The maximum absolute atomic E-state index is 12.5. The molecule has 7 nitrogen and oxygen atoms in total. The summed E-state index contributed by atoms with van der Waals surface area (Å²) >= 11 is 0. The van der Waals surface area contributed by atoms with Crippen LogP contribution in [0, 0.1) is 0 Å². The lowest BCUT2D eigenvalue weighted by molar-refractivity contribution is 0.0138. The van der Waals surface area contributed by atoms with E-state index in [0.717, 1.165) is 5.57 Å². The molecular formula is C21H28N2O5. The molecule has 1 fully saturated rings. The van der Waals surface area contributed by atoms with Crippen molar-refractivity contribution in [3.63, 3.8) is 0 Å². The molecule has 1 aromatic carbocycles. The number of Topliss-reactive ketones (excluding diaryl/α,β-unsaturated/α-hetero) is 1. The Morgan fingerprint density at radius 2 is 1.82 bits per heavy atom. The molecule has 1 amide bonds. The fourth-order valence-electron chi connectivity index (χ4n) is 3.30. The first-order valence-corrected chi connectivity index (χ1v) is 9.52. The average molecular weight is 388 g/mol. The number of hydrogen-bond donors (Lipinski definition) is 1. The Labute approximate surface area is 165 Å². The lowest BCUT2D eigenvalue weighted by atomic mass is 10.0. The van der Waals surface area contributed by atoms with Crippen LogP contribution in [-0.4, -0.2) is 58.6 Å². The van der Waals surface area contributed by atoms with Gasteiger partial charge >= 0.3 is 6.09 Å². The fourth-order valence-corrected chi connectivity index (χ4v) is 3.30. The zero-order valence-electron chi connectivity index (χ0n) is 17.2. The summed E-state index contributed by atoms with van der Waals surface area (Å²) in [6, 6.07) is 3.15. The number of allylic oxidation sites excluding steroid dienone is 2. The van der Waals surface area contributed by atoms with Gasteiger partial charge in [0.1, 0.15) is 17.1 Å². The molecule has 0 unspecified atom stereocenters. The van der Waals surface area contributed by atoms with E-state index in [1.54, 1.807) is 17.0 Å². The van der Waals surface area contributed by atoms with E-state index in [1.165, 1.54) is 0 Å². The van der Waals surface area contributed by atoms with Gasteiger partial charge in [0.15, 0.2) is 5.76 Å². The van der Waals surface area contributed by atoms with E-state index < -0.39 is 5.60 Å². The predicted molar refractivity (Wildman–Crippen MR) is 105 cm³/mol. The molecule has 0 aromatic heterocycles. The molecule has 2 aliphatic rings. The van der Waals surface area contributed by atoms with Crippen molar-refractivity contribution in [2.24, 2.45) is 0 Å². The van der Waals surface area contributed by atoms with Gasteiger partial charge in [-0.15, -0.1) is 0 Å². The van der Waals surface area contributed by atoms with Crippen LogP contribution in [0.3, 0.4) is 0 Å². The number of ketones is 1. The van der Waals surface area contributed by atoms with Crippen molar-refractivity contribution >= 4 is 11.9 Å². The molecule has 0 radical (unpaired) electrons. The SMILES string of the molecule is CC(C)=C1Oc2c(ccc(O)c2CN2CCN(C(=O)OC(C)(C)C)CC2)C1=O. The Kier molecular flexibility index (Phi) is 5.39. The standard InChI is InChI=1S/C21H28N2O5/c1-13(2)18-17(25)14-6-7-16(24)15(19(14)27-18)12-22-8-10-23(11-9-22)20(26)28-21(3,4)5/h6-7,24H,8-12H2,1-5H3. The second kappa shape index (κ2) is 7.47. The quantitative estimate of drug-likeness (QED) is 0.783. The van der Waals surface area contributed by atoms with Crippen LogP contribution in [0.4, 0.5) is 4.79 Å². The summed E-state index contributed by atoms with van der Waals surface area (Å²) in [6.45, 7) is 12.0. The van der Waals surface area contributed by atoms with E-state index in [2.05, 4.69) is 4.90 Å². The Balaban J connectivity index is 1.70. The van der Waals surface area contributed by atoms with Crippen LogP contribution in [0.25, 0.3) is 0 Å². The van der Waals surface area contributed by atoms with Crippen molar-refractivity contribution in [3.8, 4) is 11.5 Å². The highest BCUT2D eigenvalue weighted by atomic mass is 16.6. The maximum Gasteiger partial charge on any atom is 0.410 e. The number of fused-ring (bicyclic) bond motifs is 1. The number of piperazine rings is 1. The number of carbonyl (C=O) groups excluding carboxylic acids is 2. The number of hydrogen-bond acceptors (Lipinski definition) is 6. The first-order chi connectivity index (χ1) is 13.1. The summed E-state index contributed by atoms with van der Waals surface area (Å²) in [4.78, 5) is 28.5. The highest BCUT2D eigenvalue weighted by Crippen LogP contribution is 2.40. The first-order valence-electron chi connectivity index (χ1n) is 9.52. The number of aromatic hydroxyl groups is 1. The first kappa shape index (κ1) is 20.2. The van der Waals surface area contributed by atoms with Crippen molar-refractivity contribution in [2.45, 2.75) is 46.8 Å². The summed E-state index contributed by atoms with van der Waals surface area (Å²) in [5, 5.41) is 10.4. The molecule has 0 aliphatic carbocycles. The number of rotatable bonds is 2. The maximum atomic E-state index is 12.5. The highest BCUT2D eigenvalue weighted by molar-refractivity contribution is 6.13. The van der Waals surface area contributed by atoms with Gasteiger partial charge in [-0.25, -0.2) is 4.79 Å². The van der Waals surface area contributed by atoms with Gasteiger partial charge in [-0.2, -0.15) is 0 Å². The van der Waals surface area contributed by atoms with Gasteiger partial charge in [0, 0.05) is 32.7 Å². The number of carbonyl (C=O) groups is 2. The molecule has 1 aromatic rings. The van der Waals surface area contributed by atoms with Crippen LogP contribution in [0.1, 0.15) is 50.5 Å². The molecule has 0 saturated carbocycles. The van der Waals surface area contributed by atoms with Crippen LogP contribution in [0.2, 0.25) is 0 Å². The van der Waals surface area contributed by atoms with Crippen LogP contribution >= 0.6 is 0 Å². The average Bonchev–Trinajstić information content (AvgIpc) is 2.94. The van der Waals surface area contributed by atoms with Crippen molar-refractivity contribution in [1.82, 2.24) is 9.80 Å². The summed E-state index contributed by atoms with van der Waals surface area (Å²) < 4.78 is 11.2. The molecule has 7 heteroatoms. The van der Waals surface area contributed by atoms with Gasteiger partial charge in [0.05, 0.1) is 11.1 Å².